The van der Waals surface area contributed by atoms with E-state index in [2.05, 4.69) is 15.5 Å². The Hall–Kier alpha value is -1.29. The molecule has 2 bridgehead atoms. The van der Waals surface area contributed by atoms with Crippen LogP contribution in [0.15, 0.2) is 12.1 Å². The number of ketones is 1. The number of hydrogen-bond donors (Lipinski definition) is 1. The fraction of sp³-hybridized carbons (Fsp3) is 0.615. The van der Waals surface area contributed by atoms with Gasteiger partial charge in [0.05, 0.1) is 5.69 Å². The third kappa shape index (κ3) is 2.09. The number of piperidine rings is 1. The summed E-state index contributed by atoms with van der Waals surface area (Å²) in [4.78, 5) is 12.3. The Labute approximate surface area is 101 Å². The maximum Gasteiger partial charge on any atom is 0.186 e. The quantitative estimate of drug-likeness (QED) is 0.784. The van der Waals surface area contributed by atoms with Crippen molar-refractivity contribution < 1.29 is 4.79 Å². The van der Waals surface area contributed by atoms with Gasteiger partial charge in [0, 0.05) is 18.0 Å². The second-order valence-corrected chi connectivity index (χ2v) is 5.23. The summed E-state index contributed by atoms with van der Waals surface area (Å²) in [6.45, 7) is 1.88. The number of carbonyl (C=O) groups is 1. The van der Waals surface area contributed by atoms with Crippen molar-refractivity contribution in [3.8, 4) is 0 Å². The minimum Gasteiger partial charge on any atom is -0.311 e. The molecule has 2 aliphatic heterocycles. The molecule has 0 saturated carbocycles. The van der Waals surface area contributed by atoms with Gasteiger partial charge in [-0.3, -0.25) is 4.79 Å². The normalized spacial score (nSPS) is 31.5. The van der Waals surface area contributed by atoms with Crippen molar-refractivity contribution in [1.29, 1.82) is 0 Å². The topological polar surface area (TPSA) is 54.9 Å². The lowest BCUT2D eigenvalue weighted by molar-refractivity contribution is 0.0869. The van der Waals surface area contributed by atoms with E-state index >= 15 is 0 Å². The first-order chi connectivity index (χ1) is 8.22. The zero-order chi connectivity index (χ0) is 11.8. The molecule has 2 unspecified atom stereocenters. The zero-order valence-electron chi connectivity index (χ0n) is 10.0. The van der Waals surface area contributed by atoms with Crippen LogP contribution in [0.25, 0.3) is 0 Å². The van der Waals surface area contributed by atoms with Gasteiger partial charge >= 0.3 is 0 Å². The van der Waals surface area contributed by atoms with E-state index in [1.807, 2.05) is 13.0 Å². The molecule has 3 rings (SSSR count). The van der Waals surface area contributed by atoms with Crippen LogP contribution in [0.1, 0.15) is 41.9 Å². The summed E-state index contributed by atoms with van der Waals surface area (Å²) in [5.74, 6) is 0.321. The Morgan fingerprint density at radius 2 is 1.94 bits per heavy atom. The average Bonchev–Trinajstić information content (AvgIpc) is 2.68. The molecule has 0 spiro atoms. The van der Waals surface area contributed by atoms with E-state index < -0.39 is 0 Å². The Morgan fingerprint density at radius 1 is 1.24 bits per heavy atom. The largest absolute Gasteiger partial charge is 0.311 e. The lowest BCUT2D eigenvalue weighted by Gasteiger charge is -2.27. The fourth-order valence-corrected chi connectivity index (χ4v) is 3.01. The van der Waals surface area contributed by atoms with Crippen molar-refractivity contribution >= 4 is 5.78 Å². The maximum atomic E-state index is 12.3. The van der Waals surface area contributed by atoms with E-state index in [4.69, 9.17) is 0 Å². The third-order valence-corrected chi connectivity index (χ3v) is 3.89. The van der Waals surface area contributed by atoms with Gasteiger partial charge in [0.1, 0.15) is 5.69 Å². The molecule has 2 aliphatic rings. The second kappa shape index (κ2) is 4.18. The summed E-state index contributed by atoms with van der Waals surface area (Å²) < 4.78 is 0. The highest BCUT2D eigenvalue weighted by molar-refractivity contribution is 5.96. The number of Topliss-reactive ketones (excluding diaryl/α,β-unsaturated/α-hetero) is 1. The molecule has 4 nitrogen and oxygen atoms in total. The zero-order valence-corrected chi connectivity index (χ0v) is 10.0. The molecule has 2 atom stereocenters. The van der Waals surface area contributed by atoms with Crippen molar-refractivity contribution in [3.63, 3.8) is 0 Å². The first-order valence-electron chi connectivity index (χ1n) is 6.33. The fourth-order valence-electron chi connectivity index (χ4n) is 3.01. The number of nitrogens with one attached hydrogen (secondary N) is 1. The van der Waals surface area contributed by atoms with E-state index in [-0.39, 0.29) is 11.7 Å². The van der Waals surface area contributed by atoms with Crippen LogP contribution in [-0.2, 0) is 0 Å². The number of rotatable bonds is 2. The highest BCUT2D eigenvalue weighted by Crippen LogP contribution is 2.32. The summed E-state index contributed by atoms with van der Waals surface area (Å²) in [5.41, 5.74) is 1.38. The number of carbonyl (C=O) groups excluding carboxylic acids is 1. The Kier molecular flexibility index (Phi) is 2.67. The van der Waals surface area contributed by atoms with Crippen LogP contribution in [0.2, 0.25) is 0 Å². The highest BCUT2D eigenvalue weighted by Gasteiger charge is 2.37. The monoisotopic (exact) mass is 231 g/mol. The van der Waals surface area contributed by atoms with Crippen LogP contribution < -0.4 is 5.32 Å². The van der Waals surface area contributed by atoms with Gasteiger partial charge < -0.3 is 5.32 Å². The molecule has 0 radical (unpaired) electrons. The van der Waals surface area contributed by atoms with Crippen molar-refractivity contribution in [3.05, 3.63) is 23.5 Å². The number of fused-ring (bicyclic) bond motifs is 2. The highest BCUT2D eigenvalue weighted by atomic mass is 16.1. The van der Waals surface area contributed by atoms with E-state index in [9.17, 15) is 4.79 Å². The molecule has 17 heavy (non-hydrogen) atoms. The Morgan fingerprint density at radius 3 is 2.53 bits per heavy atom. The van der Waals surface area contributed by atoms with Gasteiger partial charge in [0.15, 0.2) is 5.78 Å². The molecule has 2 fully saturated rings. The van der Waals surface area contributed by atoms with Crippen LogP contribution in [-0.4, -0.2) is 28.1 Å². The predicted octanol–water partition coefficient (Wildman–Crippen LogP) is 1.50. The van der Waals surface area contributed by atoms with Gasteiger partial charge in [-0.2, -0.15) is 5.10 Å². The van der Waals surface area contributed by atoms with Gasteiger partial charge in [0.2, 0.25) is 0 Å². The average molecular weight is 231 g/mol. The molecular weight excluding hydrogens is 214 g/mol. The summed E-state index contributed by atoms with van der Waals surface area (Å²) in [6, 6.07) is 4.74. The van der Waals surface area contributed by atoms with Gasteiger partial charge in [-0.05, 0) is 44.7 Å². The Balaban J connectivity index is 1.76. The molecular formula is C13H17N3O. The first-order valence-corrected chi connectivity index (χ1v) is 6.33. The lowest BCUT2D eigenvalue weighted by atomic mass is 9.87. The third-order valence-electron chi connectivity index (χ3n) is 3.89. The van der Waals surface area contributed by atoms with Gasteiger partial charge in [-0.25, -0.2) is 0 Å². The molecule has 0 aliphatic carbocycles. The first kappa shape index (κ1) is 10.8. The van der Waals surface area contributed by atoms with Crippen LogP contribution in [0, 0.1) is 12.8 Å². The van der Waals surface area contributed by atoms with Gasteiger partial charge in [-0.1, -0.05) is 0 Å². The molecule has 1 aromatic rings. The van der Waals surface area contributed by atoms with E-state index in [1.54, 1.807) is 6.07 Å². The molecule has 90 valence electrons. The van der Waals surface area contributed by atoms with Gasteiger partial charge in [0.25, 0.3) is 0 Å². The number of hydrogen-bond acceptors (Lipinski definition) is 4. The summed E-state index contributed by atoms with van der Waals surface area (Å²) >= 11 is 0. The van der Waals surface area contributed by atoms with Crippen molar-refractivity contribution in [2.24, 2.45) is 5.92 Å². The molecule has 2 saturated heterocycles. The van der Waals surface area contributed by atoms with Gasteiger partial charge in [-0.15, -0.1) is 5.10 Å². The molecule has 0 aromatic carbocycles. The van der Waals surface area contributed by atoms with Crippen molar-refractivity contribution in [2.45, 2.75) is 44.7 Å². The smallest absolute Gasteiger partial charge is 0.186 e. The lowest BCUT2D eigenvalue weighted by Crippen LogP contribution is -2.40. The minimum atomic E-state index is 0.144. The Bertz CT molecular complexity index is 417. The summed E-state index contributed by atoms with van der Waals surface area (Å²) in [7, 11) is 0. The number of aryl methyl sites for hydroxylation is 1. The standard InChI is InChI=1S/C13H17N3O/c1-8-2-5-12(16-15-8)13(17)9-6-10-3-4-11(7-9)14-10/h2,5,9-11,14H,3-4,6-7H2,1H3. The molecule has 3 heterocycles. The summed E-state index contributed by atoms with van der Waals surface area (Å²) in [5, 5.41) is 11.5. The summed E-state index contributed by atoms with van der Waals surface area (Å²) in [6.07, 6.45) is 4.36. The maximum absolute atomic E-state index is 12.3. The van der Waals surface area contributed by atoms with Crippen molar-refractivity contribution in [2.75, 3.05) is 0 Å². The molecule has 1 aromatic heterocycles. The van der Waals surface area contributed by atoms with Crippen molar-refractivity contribution in [1.82, 2.24) is 15.5 Å². The molecule has 1 N–H and O–H groups in total. The number of nitrogens with zero attached hydrogens (tertiary/aromatic N) is 2. The van der Waals surface area contributed by atoms with E-state index in [1.165, 1.54) is 12.8 Å². The SMILES string of the molecule is Cc1ccc(C(=O)C2CC3CCC(C2)N3)nn1. The number of aromatic nitrogens is 2. The van der Waals surface area contributed by atoms with Crippen LogP contribution in [0.3, 0.4) is 0 Å². The van der Waals surface area contributed by atoms with Crippen LogP contribution in [0.4, 0.5) is 0 Å². The van der Waals surface area contributed by atoms with E-state index in [0.29, 0.717) is 17.8 Å². The predicted molar refractivity (Wildman–Crippen MR) is 63.8 cm³/mol. The molecule has 4 heteroatoms. The van der Waals surface area contributed by atoms with E-state index in [0.717, 1.165) is 18.5 Å². The second-order valence-electron chi connectivity index (χ2n) is 5.23. The minimum absolute atomic E-state index is 0.144. The van der Waals surface area contributed by atoms with Crippen LogP contribution >= 0.6 is 0 Å². The molecule has 0 amide bonds. The van der Waals surface area contributed by atoms with Crippen LogP contribution in [0.5, 0.6) is 0 Å².